The molecule has 0 spiro atoms. The van der Waals surface area contributed by atoms with Crippen LogP contribution in [0, 0.1) is 11.3 Å². The molecule has 1 aromatic rings. The molecular weight excluding hydrogens is 348 g/mol. The molecule has 0 aliphatic carbocycles. The van der Waals surface area contributed by atoms with Crippen molar-refractivity contribution in [2.45, 2.75) is 11.7 Å². The van der Waals surface area contributed by atoms with Crippen LogP contribution >= 0.6 is 11.8 Å². The molecule has 25 heavy (non-hydrogen) atoms. The van der Waals surface area contributed by atoms with E-state index in [0.29, 0.717) is 17.1 Å². The third kappa shape index (κ3) is 5.22. The summed E-state index contributed by atoms with van der Waals surface area (Å²) in [7, 11) is 1.51. The maximum absolute atomic E-state index is 11.6. The fourth-order valence-electron chi connectivity index (χ4n) is 1.87. The fourth-order valence-corrected chi connectivity index (χ4v) is 2.79. The van der Waals surface area contributed by atoms with E-state index in [0.717, 1.165) is 11.8 Å². The lowest BCUT2D eigenvalue weighted by Crippen LogP contribution is -2.26. The number of nitriles is 1. The number of hydrogen-bond donors (Lipinski definition) is 2. The van der Waals surface area contributed by atoms with Gasteiger partial charge >= 0.3 is 5.97 Å². The maximum atomic E-state index is 11.6. The quantitative estimate of drug-likeness (QED) is 0.546. The van der Waals surface area contributed by atoms with Gasteiger partial charge in [0, 0.05) is 11.6 Å². The molecule has 130 valence electrons. The standard InChI is InChI=1S/C15H14N4O5S/c1-23-10-3-2-9(11(6-10)24-5-4-16)8-17-19-15-18-14(22)12(25-15)7-13(20)21/h2-3,6,8,12H,5,7H2,1H3,(H,20,21)(H,18,19,22). The molecular formula is C15H14N4O5S. The molecule has 0 aromatic heterocycles. The zero-order valence-electron chi connectivity index (χ0n) is 13.1. The van der Waals surface area contributed by atoms with Crippen LogP contribution in [0.1, 0.15) is 12.0 Å². The Morgan fingerprint density at radius 3 is 3.04 bits per heavy atom. The number of amidine groups is 1. The maximum Gasteiger partial charge on any atom is 0.305 e. The normalized spacial score (nSPS) is 18.2. The monoisotopic (exact) mass is 362 g/mol. The topological polar surface area (TPSA) is 133 Å². The first-order valence-electron chi connectivity index (χ1n) is 7.01. The van der Waals surface area contributed by atoms with Crippen molar-refractivity contribution in [2.75, 3.05) is 13.7 Å². The Morgan fingerprint density at radius 2 is 2.36 bits per heavy atom. The number of methoxy groups -OCH3 is 1. The van der Waals surface area contributed by atoms with E-state index in [1.165, 1.54) is 13.3 Å². The van der Waals surface area contributed by atoms with Gasteiger partial charge < -0.3 is 19.9 Å². The number of carboxylic acid groups (broad SMARTS) is 1. The van der Waals surface area contributed by atoms with Crippen molar-refractivity contribution in [1.82, 2.24) is 5.32 Å². The smallest absolute Gasteiger partial charge is 0.305 e. The van der Waals surface area contributed by atoms with E-state index < -0.39 is 17.1 Å². The number of carbonyl (C=O) groups is 2. The highest BCUT2D eigenvalue weighted by atomic mass is 32.2. The fraction of sp³-hybridized carbons (Fsp3) is 0.267. The van der Waals surface area contributed by atoms with Crippen LogP contribution < -0.4 is 14.8 Å². The van der Waals surface area contributed by atoms with Crippen LogP contribution in [-0.4, -0.2) is 47.3 Å². The van der Waals surface area contributed by atoms with Crippen molar-refractivity contribution < 1.29 is 24.2 Å². The predicted octanol–water partition coefficient (Wildman–Crippen LogP) is 0.994. The van der Waals surface area contributed by atoms with Crippen LogP contribution in [0.5, 0.6) is 11.5 Å². The number of aliphatic carboxylic acids is 1. The number of ether oxygens (including phenoxy) is 2. The number of benzene rings is 1. The first-order valence-corrected chi connectivity index (χ1v) is 7.89. The zero-order valence-corrected chi connectivity index (χ0v) is 13.9. The summed E-state index contributed by atoms with van der Waals surface area (Å²) >= 11 is 1.01. The number of carbonyl (C=O) groups excluding carboxylic acids is 1. The van der Waals surface area contributed by atoms with Gasteiger partial charge in [-0.1, -0.05) is 11.8 Å². The lowest BCUT2D eigenvalue weighted by Gasteiger charge is -2.07. The molecule has 2 rings (SSSR count). The first kappa shape index (κ1) is 18.3. The zero-order chi connectivity index (χ0) is 18.2. The molecule has 1 fully saturated rings. The molecule has 1 amide bonds. The Morgan fingerprint density at radius 1 is 1.56 bits per heavy atom. The molecule has 0 bridgehead atoms. The van der Waals surface area contributed by atoms with E-state index in [1.54, 1.807) is 18.2 Å². The number of rotatable bonds is 7. The van der Waals surface area contributed by atoms with Crippen molar-refractivity contribution in [1.29, 1.82) is 5.26 Å². The highest BCUT2D eigenvalue weighted by Crippen LogP contribution is 2.24. The largest absolute Gasteiger partial charge is 0.497 e. The van der Waals surface area contributed by atoms with Gasteiger partial charge in [0.15, 0.2) is 11.8 Å². The molecule has 1 heterocycles. The molecule has 1 aliphatic heterocycles. The molecule has 1 saturated heterocycles. The summed E-state index contributed by atoms with van der Waals surface area (Å²) in [6.07, 6.45) is 1.11. The van der Waals surface area contributed by atoms with Crippen LogP contribution in [0.25, 0.3) is 0 Å². The number of nitrogens with zero attached hydrogens (tertiary/aromatic N) is 3. The van der Waals surface area contributed by atoms with Crippen LogP contribution in [0.15, 0.2) is 28.4 Å². The summed E-state index contributed by atoms with van der Waals surface area (Å²) in [4.78, 5) is 22.3. The average molecular weight is 362 g/mol. The van der Waals surface area contributed by atoms with Crippen molar-refractivity contribution in [2.24, 2.45) is 10.2 Å². The Kier molecular flexibility index (Phi) is 6.36. The van der Waals surface area contributed by atoms with E-state index in [4.69, 9.17) is 19.8 Å². The van der Waals surface area contributed by atoms with Crippen LogP contribution in [0.2, 0.25) is 0 Å². The number of nitrogens with one attached hydrogen (secondary N) is 1. The van der Waals surface area contributed by atoms with Gasteiger partial charge in [0.2, 0.25) is 5.91 Å². The summed E-state index contributed by atoms with van der Waals surface area (Å²) in [6.45, 7) is -0.134. The Bertz CT molecular complexity index is 772. The summed E-state index contributed by atoms with van der Waals surface area (Å²) < 4.78 is 10.4. The van der Waals surface area contributed by atoms with Gasteiger partial charge in [-0.2, -0.15) is 10.4 Å². The van der Waals surface area contributed by atoms with Gasteiger partial charge in [-0.05, 0) is 12.1 Å². The highest BCUT2D eigenvalue weighted by molar-refractivity contribution is 8.15. The summed E-state index contributed by atoms with van der Waals surface area (Å²) in [6, 6.07) is 6.87. The van der Waals surface area contributed by atoms with Crippen molar-refractivity contribution in [3.8, 4) is 17.6 Å². The van der Waals surface area contributed by atoms with Crippen molar-refractivity contribution in [3.63, 3.8) is 0 Å². The third-order valence-electron chi connectivity index (χ3n) is 2.99. The van der Waals surface area contributed by atoms with E-state index in [1.807, 2.05) is 6.07 Å². The highest BCUT2D eigenvalue weighted by Gasteiger charge is 2.32. The van der Waals surface area contributed by atoms with Crippen molar-refractivity contribution >= 4 is 35.0 Å². The van der Waals surface area contributed by atoms with Crippen LogP contribution in [0.4, 0.5) is 0 Å². The van der Waals surface area contributed by atoms with Crippen LogP contribution in [0.3, 0.4) is 0 Å². The van der Waals surface area contributed by atoms with Gasteiger partial charge in [0.25, 0.3) is 0 Å². The number of hydrogen-bond acceptors (Lipinski definition) is 8. The Labute approximate surface area is 147 Å². The minimum Gasteiger partial charge on any atom is -0.497 e. The Hall–Kier alpha value is -3.06. The molecule has 1 aromatic carbocycles. The van der Waals surface area contributed by atoms with Crippen molar-refractivity contribution in [3.05, 3.63) is 23.8 Å². The van der Waals surface area contributed by atoms with Gasteiger partial charge in [-0.15, -0.1) is 5.10 Å². The molecule has 1 aliphatic rings. The van der Waals surface area contributed by atoms with E-state index in [9.17, 15) is 9.59 Å². The number of carboxylic acids is 1. The molecule has 1 atom stereocenters. The van der Waals surface area contributed by atoms with E-state index in [-0.39, 0.29) is 18.2 Å². The molecule has 9 nitrogen and oxygen atoms in total. The summed E-state index contributed by atoms with van der Waals surface area (Å²) in [5.74, 6) is -0.512. The molecule has 0 radical (unpaired) electrons. The first-order chi connectivity index (χ1) is 12.0. The molecule has 2 N–H and O–H groups in total. The minimum absolute atomic E-state index is 0.134. The molecule has 0 saturated carbocycles. The number of thioether (sulfide) groups is 1. The summed E-state index contributed by atoms with van der Waals surface area (Å²) in [5.41, 5.74) is 0.566. The van der Waals surface area contributed by atoms with Crippen LogP contribution in [-0.2, 0) is 9.59 Å². The van der Waals surface area contributed by atoms with Gasteiger partial charge in [-0.25, -0.2) is 0 Å². The predicted molar refractivity (Wildman–Crippen MR) is 90.9 cm³/mol. The third-order valence-corrected chi connectivity index (χ3v) is 4.07. The molecule has 1 unspecified atom stereocenters. The summed E-state index contributed by atoms with van der Waals surface area (Å²) in [5, 5.41) is 27.1. The Balaban J connectivity index is 2.10. The number of amides is 1. The second-order valence-electron chi connectivity index (χ2n) is 4.69. The lowest BCUT2D eigenvalue weighted by molar-refractivity contribution is -0.138. The van der Waals surface area contributed by atoms with Gasteiger partial charge in [0.1, 0.15) is 22.8 Å². The van der Waals surface area contributed by atoms with Gasteiger partial charge in [0.05, 0.1) is 19.7 Å². The van der Waals surface area contributed by atoms with Gasteiger partial charge in [-0.3, -0.25) is 9.59 Å². The lowest BCUT2D eigenvalue weighted by atomic mass is 10.2. The average Bonchev–Trinajstić information content (AvgIpc) is 2.92. The SMILES string of the molecule is COc1ccc(C=NN=C2NC(=O)C(CC(=O)O)S2)c(OCC#N)c1. The van der Waals surface area contributed by atoms with E-state index in [2.05, 4.69) is 15.5 Å². The second-order valence-corrected chi connectivity index (χ2v) is 5.89. The minimum atomic E-state index is -1.06. The van der Waals surface area contributed by atoms with E-state index >= 15 is 0 Å². The molecule has 10 heteroatoms. The second kappa shape index (κ2) is 8.70.